The SMILES string of the molecule is CC1(C(=O)N2CCN(c3ncc(Cl)cc3Cl)CC2)Cc2ccccc2C(=O)O1. The number of hydrogen-bond acceptors (Lipinski definition) is 5. The fraction of sp³-hybridized carbons (Fsp3) is 0.350. The summed E-state index contributed by atoms with van der Waals surface area (Å²) >= 11 is 12.2. The van der Waals surface area contributed by atoms with E-state index in [-0.39, 0.29) is 5.91 Å². The number of esters is 1. The lowest BCUT2D eigenvalue weighted by Crippen LogP contribution is -2.58. The molecule has 1 aromatic heterocycles. The number of anilines is 1. The molecule has 146 valence electrons. The number of rotatable bonds is 2. The van der Waals surface area contributed by atoms with Gasteiger partial charge in [-0.05, 0) is 24.6 Å². The van der Waals surface area contributed by atoms with E-state index in [1.807, 2.05) is 17.0 Å². The molecule has 28 heavy (non-hydrogen) atoms. The Kier molecular flexibility index (Phi) is 4.93. The van der Waals surface area contributed by atoms with Crippen LogP contribution in [0.5, 0.6) is 0 Å². The Bertz CT molecular complexity index is 944. The smallest absolute Gasteiger partial charge is 0.339 e. The number of pyridine rings is 1. The monoisotopic (exact) mass is 419 g/mol. The van der Waals surface area contributed by atoms with Crippen molar-refractivity contribution in [1.29, 1.82) is 0 Å². The number of halogens is 2. The number of ether oxygens (including phenoxy) is 1. The first-order valence-electron chi connectivity index (χ1n) is 9.04. The fourth-order valence-corrected chi connectivity index (χ4v) is 4.25. The summed E-state index contributed by atoms with van der Waals surface area (Å²) in [6.45, 7) is 3.84. The number of carbonyl (C=O) groups excluding carboxylic acids is 2. The van der Waals surface area contributed by atoms with Gasteiger partial charge in [-0.2, -0.15) is 0 Å². The van der Waals surface area contributed by atoms with Gasteiger partial charge in [-0.15, -0.1) is 0 Å². The summed E-state index contributed by atoms with van der Waals surface area (Å²) in [7, 11) is 0. The number of fused-ring (bicyclic) bond motifs is 1. The van der Waals surface area contributed by atoms with Crippen molar-refractivity contribution in [3.63, 3.8) is 0 Å². The number of benzene rings is 1. The predicted molar refractivity (Wildman–Crippen MR) is 107 cm³/mol. The third-order valence-electron chi connectivity index (χ3n) is 5.19. The maximum absolute atomic E-state index is 13.2. The number of piperazine rings is 1. The van der Waals surface area contributed by atoms with Gasteiger partial charge in [-0.25, -0.2) is 9.78 Å². The third kappa shape index (κ3) is 3.42. The Morgan fingerprint density at radius 1 is 1.18 bits per heavy atom. The molecule has 0 saturated carbocycles. The van der Waals surface area contributed by atoms with Crippen molar-refractivity contribution in [1.82, 2.24) is 9.88 Å². The Hall–Kier alpha value is -2.31. The fourth-order valence-electron chi connectivity index (χ4n) is 3.75. The van der Waals surface area contributed by atoms with E-state index in [0.717, 1.165) is 5.56 Å². The van der Waals surface area contributed by atoms with E-state index >= 15 is 0 Å². The minimum atomic E-state index is -1.19. The average molecular weight is 420 g/mol. The van der Waals surface area contributed by atoms with Gasteiger partial charge in [0, 0.05) is 38.8 Å². The van der Waals surface area contributed by atoms with Crippen LogP contribution in [-0.4, -0.2) is 53.5 Å². The molecule has 2 aliphatic rings. The largest absolute Gasteiger partial charge is 0.445 e. The summed E-state index contributed by atoms with van der Waals surface area (Å²) < 4.78 is 5.57. The summed E-state index contributed by atoms with van der Waals surface area (Å²) in [4.78, 5) is 33.6. The normalized spacial score (nSPS) is 21.9. The second-order valence-electron chi connectivity index (χ2n) is 7.19. The molecule has 3 heterocycles. The van der Waals surface area contributed by atoms with Crippen LogP contribution in [0.2, 0.25) is 10.0 Å². The van der Waals surface area contributed by atoms with Crippen molar-refractivity contribution in [2.45, 2.75) is 18.9 Å². The highest BCUT2D eigenvalue weighted by Gasteiger charge is 2.45. The van der Waals surface area contributed by atoms with Crippen molar-refractivity contribution in [3.05, 3.63) is 57.7 Å². The molecule has 1 aromatic carbocycles. The molecule has 0 aliphatic carbocycles. The molecular weight excluding hydrogens is 401 g/mol. The van der Waals surface area contributed by atoms with E-state index < -0.39 is 11.6 Å². The highest BCUT2D eigenvalue weighted by molar-refractivity contribution is 6.36. The second kappa shape index (κ2) is 7.26. The standard InChI is InChI=1S/C20H19Cl2N3O3/c1-20(11-13-4-2-3-5-15(13)18(26)28-20)19(27)25-8-6-24(7-9-25)17-16(22)10-14(21)12-23-17/h2-5,10,12H,6-9,11H2,1H3. The third-order valence-corrected chi connectivity index (χ3v) is 5.68. The number of aromatic nitrogens is 1. The molecule has 0 radical (unpaired) electrons. The molecule has 0 spiro atoms. The summed E-state index contributed by atoms with van der Waals surface area (Å²) in [6, 6.07) is 8.91. The van der Waals surface area contributed by atoms with E-state index in [1.54, 1.807) is 36.2 Å². The molecule has 8 heteroatoms. The minimum absolute atomic E-state index is 0.176. The molecule has 2 aromatic rings. The van der Waals surface area contributed by atoms with Gasteiger partial charge in [-0.3, -0.25) is 4.79 Å². The molecular formula is C20H19Cl2N3O3. The summed E-state index contributed by atoms with van der Waals surface area (Å²) in [5, 5.41) is 0.965. The highest BCUT2D eigenvalue weighted by atomic mass is 35.5. The van der Waals surface area contributed by atoms with Crippen molar-refractivity contribution in [2.24, 2.45) is 0 Å². The number of amides is 1. The molecule has 1 atom stereocenters. The van der Waals surface area contributed by atoms with Gasteiger partial charge in [0.1, 0.15) is 5.82 Å². The van der Waals surface area contributed by atoms with Gasteiger partial charge < -0.3 is 14.5 Å². The molecule has 4 rings (SSSR count). The molecule has 2 aliphatic heterocycles. The van der Waals surface area contributed by atoms with Crippen LogP contribution in [0.15, 0.2) is 36.5 Å². The second-order valence-corrected chi connectivity index (χ2v) is 8.04. The van der Waals surface area contributed by atoms with Crippen molar-refractivity contribution in [2.75, 3.05) is 31.1 Å². The average Bonchev–Trinajstić information content (AvgIpc) is 2.67. The van der Waals surface area contributed by atoms with Gasteiger partial charge in [0.05, 0.1) is 15.6 Å². The quantitative estimate of drug-likeness (QED) is 0.699. The Balaban J connectivity index is 1.46. The van der Waals surface area contributed by atoms with Crippen LogP contribution in [0.4, 0.5) is 5.82 Å². The van der Waals surface area contributed by atoms with Crippen molar-refractivity contribution in [3.8, 4) is 0 Å². The number of nitrogens with zero attached hydrogens (tertiary/aromatic N) is 3. The van der Waals surface area contributed by atoms with Gasteiger partial charge in [0.25, 0.3) is 5.91 Å². The maximum atomic E-state index is 13.2. The van der Waals surface area contributed by atoms with Crippen LogP contribution < -0.4 is 4.90 Å². The van der Waals surface area contributed by atoms with Gasteiger partial charge in [0.2, 0.25) is 0 Å². The Labute approximate surface area is 173 Å². The van der Waals surface area contributed by atoms with E-state index in [0.29, 0.717) is 54.0 Å². The molecule has 0 N–H and O–H groups in total. The number of cyclic esters (lactones) is 1. The first-order valence-corrected chi connectivity index (χ1v) is 9.79. The molecule has 6 nitrogen and oxygen atoms in total. The van der Waals surface area contributed by atoms with Gasteiger partial charge in [0.15, 0.2) is 5.60 Å². The molecule has 0 bridgehead atoms. The van der Waals surface area contributed by atoms with Crippen molar-refractivity contribution < 1.29 is 14.3 Å². The summed E-state index contributed by atoms with van der Waals surface area (Å²) in [5.74, 6) is 0.0287. The van der Waals surface area contributed by atoms with Crippen LogP contribution in [0.25, 0.3) is 0 Å². The van der Waals surface area contributed by atoms with Gasteiger partial charge >= 0.3 is 5.97 Å². The van der Waals surface area contributed by atoms with Crippen LogP contribution in [-0.2, 0) is 16.0 Å². The number of hydrogen-bond donors (Lipinski definition) is 0. The zero-order valence-electron chi connectivity index (χ0n) is 15.3. The predicted octanol–water partition coefficient (Wildman–Crippen LogP) is 3.21. The lowest BCUT2D eigenvalue weighted by Gasteiger charge is -2.41. The van der Waals surface area contributed by atoms with E-state index in [9.17, 15) is 9.59 Å². The van der Waals surface area contributed by atoms with E-state index in [1.165, 1.54) is 0 Å². The maximum Gasteiger partial charge on any atom is 0.339 e. The molecule has 1 saturated heterocycles. The zero-order chi connectivity index (χ0) is 19.9. The molecule has 1 unspecified atom stereocenters. The Morgan fingerprint density at radius 2 is 1.89 bits per heavy atom. The first kappa shape index (κ1) is 19.0. The minimum Gasteiger partial charge on any atom is -0.445 e. The van der Waals surface area contributed by atoms with Gasteiger partial charge in [-0.1, -0.05) is 41.4 Å². The first-order chi connectivity index (χ1) is 13.4. The van der Waals surface area contributed by atoms with Crippen LogP contribution in [0.3, 0.4) is 0 Å². The lowest BCUT2D eigenvalue weighted by atomic mass is 9.88. The lowest BCUT2D eigenvalue weighted by molar-refractivity contribution is -0.151. The van der Waals surface area contributed by atoms with Crippen LogP contribution in [0, 0.1) is 0 Å². The Morgan fingerprint density at radius 3 is 2.61 bits per heavy atom. The zero-order valence-corrected chi connectivity index (χ0v) is 16.8. The van der Waals surface area contributed by atoms with Crippen molar-refractivity contribution >= 4 is 40.9 Å². The number of carbonyl (C=O) groups is 2. The topological polar surface area (TPSA) is 62.7 Å². The summed E-state index contributed by atoms with van der Waals surface area (Å²) in [6.07, 6.45) is 1.93. The summed E-state index contributed by atoms with van der Waals surface area (Å²) in [5.41, 5.74) is 0.176. The van der Waals surface area contributed by atoms with E-state index in [4.69, 9.17) is 27.9 Å². The highest BCUT2D eigenvalue weighted by Crippen LogP contribution is 2.31. The molecule has 1 fully saturated rings. The molecule has 1 amide bonds. The van der Waals surface area contributed by atoms with E-state index in [2.05, 4.69) is 4.98 Å². The van der Waals surface area contributed by atoms with Crippen LogP contribution in [0.1, 0.15) is 22.8 Å². The van der Waals surface area contributed by atoms with Crippen LogP contribution >= 0.6 is 23.2 Å².